The van der Waals surface area contributed by atoms with E-state index in [2.05, 4.69) is 15.5 Å². The number of urea groups is 1. The van der Waals surface area contributed by atoms with Crippen LogP contribution >= 0.6 is 0 Å². The van der Waals surface area contributed by atoms with Crippen LogP contribution in [-0.4, -0.2) is 74.4 Å². The Balaban J connectivity index is 1.80. The van der Waals surface area contributed by atoms with Crippen LogP contribution in [0.25, 0.3) is 0 Å². The van der Waals surface area contributed by atoms with E-state index in [1.165, 1.54) is 0 Å². The summed E-state index contributed by atoms with van der Waals surface area (Å²) in [5, 5.41) is 19.3. The van der Waals surface area contributed by atoms with Gasteiger partial charge in [0.2, 0.25) is 0 Å². The molecule has 1 aliphatic rings. The van der Waals surface area contributed by atoms with Gasteiger partial charge in [0.1, 0.15) is 6.33 Å². The van der Waals surface area contributed by atoms with Crippen LogP contribution in [0.1, 0.15) is 12.2 Å². The van der Waals surface area contributed by atoms with Crippen LogP contribution in [0, 0.1) is 0 Å². The summed E-state index contributed by atoms with van der Waals surface area (Å²) < 4.78 is 1.75. The van der Waals surface area contributed by atoms with Crippen molar-refractivity contribution >= 4 is 12.0 Å². The molecule has 9 nitrogen and oxygen atoms in total. The molecule has 1 aromatic rings. The van der Waals surface area contributed by atoms with Gasteiger partial charge in [0, 0.05) is 33.2 Å². The number of carbonyl (C=O) groups excluding carboxylic acids is 1. The van der Waals surface area contributed by atoms with Gasteiger partial charge in [0.05, 0.1) is 13.1 Å². The van der Waals surface area contributed by atoms with Crippen molar-refractivity contribution in [2.24, 2.45) is 7.05 Å². The first-order chi connectivity index (χ1) is 10.1. The normalized spacial score (nSPS) is 16.5. The van der Waals surface area contributed by atoms with Crippen LogP contribution in [0.4, 0.5) is 4.79 Å². The van der Waals surface area contributed by atoms with Gasteiger partial charge in [-0.1, -0.05) is 0 Å². The fraction of sp³-hybridized carbons (Fsp3) is 0.667. The van der Waals surface area contributed by atoms with E-state index in [4.69, 9.17) is 5.11 Å². The molecule has 0 saturated carbocycles. The highest BCUT2D eigenvalue weighted by Crippen LogP contribution is 2.03. The van der Waals surface area contributed by atoms with Crippen molar-refractivity contribution in [1.29, 1.82) is 0 Å². The average molecular weight is 296 g/mol. The number of amides is 2. The third-order valence-corrected chi connectivity index (χ3v) is 3.44. The highest BCUT2D eigenvalue weighted by Gasteiger charge is 2.20. The number of aromatic nitrogens is 3. The van der Waals surface area contributed by atoms with Crippen molar-refractivity contribution < 1.29 is 14.7 Å². The van der Waals surface area contributed by atoms with E-state index in [0.29, 0.717) is 38.5 Å². The van der Waals surface area contributed by atoms with Gasteiger partial charge in [-0.05, 0) is 6.42 Å². The summed E-state index contributed by atoms with van der Waals surface area (Å²) in [5.41, 5.74) is 0. The molecule has 0 aromatic carbocycles. The van der Waals surface area contributed by atoms with E-state index in [9.17, 15) is 9.59 Å². The zero-order chi connectivity index (χ0) is 15.2. The third kappa shape index (κ3) is 4.42. The predicted molar refractivity (Wildman–Crippen MR) is 73.5 cm³/mol. The molecule has 0 unspecified atom stereocenters. The van der Waals surface area contributed by atoms with Gasteiger partial charge in [-0.2, -0.15) is 0 Å². The lowest BCUT2D eigenvalue weighted by Gasteiger charge is -2.21. The maximum atomic E-state index is 12.1. The van der Waals surface area contributed by atoms with Gasteiger partial charge < -0.3 is 19.9 Å². The summed E-state index contributed by atoms with van der Waals surface area (Å²) in [6.07, 6.45) is 2.35. The first-order valence-electron chi connectivity index (χ1n) is 6.86. The molecular formula is C12H20N6O3. The summed E-state index contributed by atoms with van der Waals surface area (Å²) in [4.78, 5) is 26.4. The van der Waals surface area contributed by atoms with E-state index >= 15 is 0 Å². The van der Waals surface area contributed by atoms with E-state index in [1.807, 2.05) is 11.9 Å². The number of carboxylic acids is 1. The minimum Gasteiger partial charge on any atom is -0.480 e. The van der Waals surface area contributed by atoms with Crippen molar-refractivity contribution in [3.63, 3.8) is 0 Å². The Morgan fingerprint density at radius 2 is 2.14 bits per heavy atom. The van der Waals surface area contributed by atoms with E-state index < -0.39 is 5.97 Å². The molecule has 2 N–H and O–H groups in total. The molecule has 1 aliphatic heterocycles. The SMILES string of the molecule is Cn1cnnc1CNC(=O)N1CCCN(CC(=O)O)CC1. The number of rotatable bonds is 4. The highest BCUT2D eigenvalue weighted by molar-refractivity contribution is 5.74. The number of aryl methyl sites for hydroxylation is 1. The number of aliphatic carboxylic acids is 1. The molecule has 0 bridgehead atoms. The second kappa shape index (κ2) is 7.02. The molecule has 0 atom stereocenters. The summed E-state index contributed by atoms with van der Waals surface area (Å²) in [6.45, 7) is 2.76. The zero-order valence-electron chi connectivity index (χ0n) is 12.0. The van der Waals surface area contributed by atoms with Crippen LogP contribution in [0.2, 0.25) is 0 Å². The molecule has 2 amide bonds. The first-order valence-corrected chi connectivity index (χ1v) is 6.86. The molecule has 1 aromatic heterocycles. The lowest BCUT2D eigenvalue weighted by molar-refractivity contribution is -0.138. The molecular weight excluding hydrogens is 276 g/mol. The van der Waals surface area contributed by atoms with Gasteiger partial charge >= 0.3 is 12.0 Å². The number of nitrogens with one attached hydrogen (secondary N) is 1. The van der Waals surface area contributed by atoms with E-state index in [-0.39, 0.29) is 12.6 Å². The molecule has 0 spiro atoms. The fourth-order valence-electron chi connectivity index (χ4n) is 2.26. The quantitative estimate of drug-likeness (QED) is 0.747. The van der Waals surface area contributed by atoms with Crippen LogP contribution in [0.3, 0.4) is 0 Å². The maximum Gasteiger partial charge on any atom is 0.317 e. The Morgan fingerprint density at radius 3 is 2.81 bits per heavy atom. The smallest absolute Gasteiger partial charge is 0.317 e. The van der Waals surface area contributed by atoms with Gasteiger partial charge in [-0.15, -0.1) is 10.2 Å². The molecule has 1 saturated heterocycles. The zero-order valence-corrected chi connectivity index (χ0v) is 12.0. The summed E-state index contributed by atoms with van der Waals surface area (Å²) in [6, 6.07) is -0.157. The largest absolute Gasteiger partial charge is 0.480 e. The standard InChI is InChI=1S/C12H20N6O3/c1-16-9-14-15-10(16)7-13-12(21)18-4-2-3-17(5-6-18)8-11(19)20/h9H,2-8H2,1H3,(H,13,21)(H,19,20). The minimum atomic E-state index is -0.838. The molecule has 9 heteroatoms. The molecule has 21 heavy (non-hydrogen) atoms. The topological polar surface area (TPSA) is 104 Å². The molecule has 2 rings (SSSR count). The number of hydrogen-bond donors (Lipinski definition) is 2. The molecule has 0 aliphatic carbocycles. The Bertz CT molecular complexity index is 503. The van der Waals surface area contributed by atoms with Crippen molar-refractivity contribution in [3.05, 3.63) is 12.2 Å². The number of carbonyl (C=O) groups is 2. The van der Waals surface area contributed by atoms with E-state index in [0.717, 1.165) is 6.42 Å². The summed E-state index contributed by atoms with van der Waals surface area (Å²) in [5.74, 6) is -0.152. The predicted octanol–water partition coefficient (Wildman–Crippen LogP) is -0.883. The molecule has 116 valence electrons. The second-order valence-electron chi connectivity index (χ2n) is 5.03. The van der Waals surface area contributed by atoms with Gasteiger partial charge in [-0.25, -0.2) is 4.79 Å². The highest BCUT2D eigenvalue weighted by atomic mass is 16.4. The monoisotopic (exact) mass is 296 g/mol. The van der Waals surface area contributed by atoms with Crippen molar-refractivity contribution in [2.45, 2.75) is 13.0 Å². The molecule has 1 fully saturated rings. The Labute approximate surface area is 122 Å². The van der Waals surface area contributed by atoms with Crippen LogP contribution in [0.15, 0.2) is 6.33 Å². The second-order valence-corrected chi connectivity index (χ2v) is 5.03. The van der Waals surface area contributed by atoms with Gasteiger partial charge in [0.25, 0.3) is 0 Å². The van der Waals surface area contributed by atoms with Crippen LogP contribution in [0.5, 0.6) is 0 Å². The van der Waals surface area contributed by atoms with Crippen molar-refractivity contribution in [2.75, 3.05) is 32.7 Å². The lowest BCUT2D eigenvalue weighted by Crippen LogP contribution is -2.42. The number of hydrogen-bond acceptors (Lipinski definition) is 5. The average Bonchev–Trinajstić information content (AvgIpc) is 2.70. The number of carboxylic acid groups (broad SMARTS) is 1. The van der Waals surface area contributed by atoms with Gasteiger partial charge in [0.15, 0.2) is 5.82 Å². The lowest BCUT2D eigenvalue weighted by atomic mass is 10.4. The van der Waals surface area contributed by atoms with Gasteiger partial charge in [-0.3, -0.25) is 9.69 Å². The Kier molecular flexibility index (Phi) is 5.09. The Morgan fingerprint density at radius 1 is 1.33 bits per heavy atom. The third-order valence-electron chi connectivity index (χ3n) is 3.44. The minimum absolute atomic E-state index is 0.0222. The Hall–Kier alpha value is -2.16. The van der Waals surface area contributed by atoms with Crippen molar-refractivity contribution in [1.82, 2.24) is 29.9 Å². The number of nitrogens with zero attached hydrogens (tertiary/aromatic N) is 5. The molecule has 2 heterocycles. The van der Waals surface area contributed by atoms with Crippen LogP contribution in [-0.2, 0) is 18.4 Å². The summed E-state index contributed by atoms with van der Waals surface area (Å²) >= 11 is 0. The van der Waals surface area contributed by atoms with Crippen LogP contribution < -0.4 is 5.32 Å². The summed E-state index contributed by atoms with van der Waals surface area (Å²) in [7, 11) is 1.82. The first kappa shape index (κ1) is 15.2. The maximum absolute atomic E-state index is 12.1. The van der Waals surface area contributed by atoms with E-state index in [1.54, 1.807) is 15.8 Å². The molecule has 0 radical (unpaired) electrons. The van der Waals surface area contributed by atoms with Crippen molar-refractivity contribution in [3.8, 4) is 0 Å². The fourth-order valence-corrected chi connectivity index (χ4v) is 2.26.